The Morgan fingerprint density at radius 2 is 1.88 bits per heavy atom. The van der Waals surface area contributed by atoms with E-state index in [2.05, 4.69) is 10.1 Å². The molecule has 0 aliphatic rings. The second kappa shape index (κ2) is 7.30. The van der Waals surface area contributed by atoms with E-state index in [1.165, 1.54) is 0 Å². The third-order valence-electron chi connectivity index (χ3n) is 4.51. The van der Waals surface area contributed by atoms with E-state index < -0.39 is 0 Å². The molecule has 0 N–H and O–H groups in total. The normalized spacial score (nSPS) is 12.0. The predicted octanol–water partition coefficient (Wildman–Crippen LogP) is 3.53. The fraction of sp³-hybridized carbons (Fsp3) is 0.250. The Morgan fingerprint density at radius 3 is 2.48 bits per heavy atom. The van der Waals surface area contributed by atoms with Crippen LogP contribution in [0.5, 0.6) is 0 Å². The summed E-state index contributed by atoms with van der Waals surface area (Å²) < 4.78 is 1.72. The van der Waals surface area contributed by atoms with Crippen LogP contribution in [0.2, 0.25) is 0 Å². The molecule has 0 aliphatic heterocycles. The van der Waals surface area contributed by atoms with Gasteiger partial charge in [0.15, 0.2) is 0 Å². The first-order valence-electron chi connectivity index (χ1n) is 8.32. The van der Waals surface area contributed by atoms with Crippen molar-refractivity contribution in [3.63, 3.8) is 0 Å². The number of carbonyl (C=O) groups excluding carboxylic acids is 1. The first-order valence-corrected chi connectivity index (χ1v) is 8.32. The highest BCUT2D eigenvalue weighted by Crippen LogP contribution is 2.24. The molecule has 0 radical (unpaired) electrons. The molecule has 0 saturated carbocycles. The standard InChI is InChI=1S/C20H22N4O/c1-15-18(13-22-23(15)3)20(25)24(14-17-9-5-4-6-10-17)16(2)19-11-7-8-12-21-19/h4-13,16H,14H2,1-3H3/t16-/m0/s1. The monoisotopic (exact) mass is 334 g/mol. The summed E-state index contributed by atoms with van der Waals surface area (Å²) in [6.07, 6.45) is 3.40. The van der Waals surface area contributed by atoms with E-state index in [0.717, 1.165) is 17.0 Å². The van der Waals surface area contributed by atoms with Crippen molar-refractivity contribution >= 4 is 5.91 Å². The zero-order valence-electron chi connectivity index (χ0n) is 14.8. The number of nitrogens with zero attached hydrogens (tertiary/aromatic N) is 4. The molecule has 128 valence electrons. The minimum atomic E-state index is -0.145. The molecule has 0 aliphatic carbocycles. The minimum absolute atomic E-state index is 0.0346. The van der Waals surface area contributed by atoms with Gasteiger partial charge in [0, 0.05) is 25.5 Å². The van der Waals surface area contributed by atoms with Gasteiger partial charge in [-0.05, 0) is 31.5 Å². The van der Waals surface area contributed by atoms with Crippen LogP contribution in [-0.4, -0.2) is 25.6 Å². The van der Waals surface area contributed by atoms with Crippen molar-refractivity contribution in [2.24, 2.45) is 7.05 Å². The minimum Gasteiger partial charge on any atom is -0.326 e. The molecule has 1 amide bonds. The van der Waals surface area contributed by atoms with Crippen molar-refractivity contribution in [2.45, 2.75) is 26.4 Å². The Balaban J connectivity index is 1.96. The molecule has 5 heteroatoms. The van der Waals surface area contributed by atoms with Gasteiger partial charge in [-0.2, -0.15) is 5.10 Å². The molecule has 3 aromatic rings. The van der Waals surface area contributed by atoms with E-state index in [-0.39, 0.29) is 11.9 Å². The lowest BCUT2D eigenvalue weighted by Gasteiger charge is -2.29. The SMILES string of the molecule is Cc1c(C(=O)N(Cc2ccccc2)[C@@H](C)c2ccccn2)cnn1C. The number of aromatic nitrogens is 3. The first-order chi connectivity index (χ1) is 12.1. The number of aryl methyl sites for hydroxylation is 1. The fourth-order valence-electron chi connectivity index (χ4n) is 2.81. The molecule has 0 saturated heterocycles. The molecule has 5 nitrogen and oxygen atoms in total. The smallest absolute Gasteiger partial charge is 0.258 e. The number of pyridine rings is 1. The highest BCUT2D eigenvalue weighted by molar-refractivity contribution is 5.95. The van der Waals surface area contributed by atoms with E-state index in [0.29, 0.717) is 12.1 Å². The Hall–Kier alpha value is -2.95. The predicted molar refractivity (Wildman–Crippen MR) is 96.9 cm³/mol. The number of benzene rings is 1. The largest absolute Gasteiger partial charge is 0.326 e. The van der Waals surface area contributed by atoms with Crippen molar-refractivity contribution in [1.82, 2.24) is 19.7 Å². The Bertz CT molecular complexity index is 843. The summed E-state index contributed by atoms with van der Waals surface area (Å²) in [6.45, 7) is 4.44. The molecule has 2 heterocycles. The summed E-state index contributed by atoms with van der Waals surface area (Å²) in [6, 6.07) is 15.6. The quantitative estimate of drug-likeness (QED) is 0.717. The average molecular weight is 334 g/mol. The molecule has 0 fully saturated rings. The fourth-order valence-corrected chi connectivity index (χ4v) is 2.81. The third kappa shape index (κ3) is 3.60. The van der Waals surface area contributed by atoms with Crippen LogP contribution in [0.1, 0.15) is 40.3 Å². The van der Waals surface area contributed by atoms with Crippen molar-refractivity contribution < 1.29 is 4.79 Å². The number of hydrogen-bond acceptors (Lipinski definition) is 3. The maximum atomic E-state index is 13.2. The van der Waals surface area contributed by atoms with Gasteiger partial charge < -0.3 is 4.90 Å². The third-order valence-corrected chi connectivity index (χ3v) is 4.51. The zero-order valence-corrected chi connectivity index (χ0v) is 14.8. The van der Waals surface area contributed by atoms with Gasteiger partial charge in [0.1, 0.15) is 0 Å². The molecule has 0 unspecified atom stereocenters. The van der Waals surface area contributed by atoms with Crippen LogP contribution >= 0.6 is 0 Å². The van der Waals surface area contributed by atoms with Crippen LogP contribution in [0, 0.1) is 6.92 Å². The second-order valence-electron chi connectivity index (χ2n) is 6.12. The van der Waals surface area contributed by atoms with Crippen LogP contribution in [0.25, 0.3) is 0 Å². The summed E-state index contributed by atoms with van der Waals surface area (Å²) in [7, 11) is 1.84. The van der Waals surface area contributed by atoms with Crippen LogP contribution in [0.4, 0.5) is 0 Å². The molecule has 0 spiro atoms. The van der Waals surface area contributed by atoms with Gasteiger partial charge in [-0.3, -0.25) is 14.5 Å². The molecule has 1 atom stereocenters. The van der Waals surface area contributed by atoms with E-state index in [1.807, 2.05) is 74.3 Å². The first kappa shape index (κ1) is 16.9. The second-order valence-corrected chi connectivity index (χ2v) is 6.12. The lowest BCUT2D eigenvalue weighted by Crippen LogP contribution is -2.33. The topological polar surface area (TPSA) is 51.0 Å². The van der Waals surface area contributed by atoms with Gasteiger partial charge in [0.25, 0.3) is 5.91 Å². The molecular weight excluding hydrogens is 312 g/mol. The van der Waals surface area contributed by atoms with Crippen LogP contribution in [0.3, 0.4) is 0 Å². The number of rotatable bonds is 5. The number of carbonyl (C=O) groups is 1. The molecule has 1 aromatic carbocycles. The summed E-state index contributed by atoms with van der Waals surface area (Å²) in [5.74, 6) is -0.0346. The van der Waals surface area contributed by atoms with Gasteiger partial charge in [0.2, 0.25) is 0 Å². The zero-order chi connectivity index (χ0) is 17.8. The van der Waals surface area contributed by atoms with Crippen molar-refractivity contribution in [1.29, 1.82) is 0 Å². The van der Waals surface area contributed by atoms with E-state index >= 15 is 0 Å². The van der Waals surface area contributed by atoms with Gasteiger partial charge in [0.05, 0.1) is 23.5 Å². The average Bonchev–Trinajstić information content (AvgIpc) is 2.99. The summed E-state index contributed by atoms with van der Waals surface area (Å²) in [5.41, 5.74) is 3.44. The lowest BCUT2D eigenvalue weighted by atomic mass is 10.1. The highest BCUT2D eigenvalue weighted by Gasteiger charge is 2.26. The van der Waals surface area contributed by atoms with Gasteiger partial charge in [-0.15, -0.1) is 0 Å². The van der Waals surface area contributed by atoms with Crippen molar-refractivity contribution in [3.8, 4) is 0 Å². The van der Waals surface area contributed by atoms with Gasteiger partial charge >= 0.3 is 0 Å². The van der Waals surface area contributed by atoms with Crippen molar-refractivity contribution in [3.05, 3.63) is 83.4 Å². The van der Waals surface area contributed by atoms with Gasteiger partial charge in [-0.1, -0.05) is 36.4 Å². The Labute approximate surface area is 147 Å². The van der Waals surface area contributed by atoms with Crippen LogP contribution in [-0.2, 0) is 13.6 Å². The Morgan fingerprint density at radius 1 is 1.16 bits per heavy atom. The maximum Gasteiger partial charge on any atom is 0.258 e. The summed E-state index contributed by atoms with van der Waals surface area (Å²) in [5, 5.41) is 4.21. The van der Waals surface area contributed by atoms with Crippen LogP contribution < -0.4 is 0 Å². The maximum absolute atomic E-state index is 13.2. The highest BCUT2D eigenvalue weighted by atomic mass is 16.2. The Kier molecular flexibility index (Phi) is 4.93. The summed E-state index contributed by atoms with van der Waals surface area (Å²) >= 11 is 0. The van der Waals surface area contributed by atoms with E-state index in [1.54, 1.807) is 17.1 Å². The molecule has 2 aromatic heterocycles. The van der Waals surface area contributed by atoms with Crippen LogP contribution in [0.15, 0.2) is 60.9 Å². The van der Waals surface area contributed by atoms with E-state index in [4.69, 9.17) is 0 Å². The molecule has 3 rings (SSSR count). The summed E-state index contributed by atoms with van der Waals surface area (Å²) in [4.78, 5) is 19.5. The molecule has 0 bridgehead atoms. The number of hydrogen-bond donors (Lipinski definition) is 0. The molecular formula is C20H22N4O. The lowest BCUT2D eigenvalue weighted by molar-refractivity contribution is 0.0669. The van der Waals surface area contributed by atoms with Crippen molar-refractivity contribution in [2.75, 3.05) is 0 Å². The van der Waals surface area contributed by atoms with E-state index in [9.17, 15) is 4.79 Å². The van der Waals surface area contributed by atoms with Gasteiger partial charge in [-0.25, -0.2) is 0 Å². The molecule has 25 heavy (non-hydrogen) atoms. The number of amides is 1.